The second-order valence-electron chi connectivity index (χ2n) is 3.90. The minimum atomic E-state index is -0.104. The molecule has 5 heteroatoms. The van der Waals surface area contributed by atoms with Crippen LogP contribution in [0.15, 0.2) is 28.5 Å². The summed E-state index contributed by atoms with van der Waals surface area (Å²) in [5.74, 6) is 0. The molecule has 90 valence electrons. The Balaban J connectivity index is 2.24. The van der Waals surface area contributed by atoms with Gasteiger partial charge in [0, 0.05) is 17.6 Å². The molecule has 0 aliphatic carbocycles. The summed E-state index contributed by atoms with van der Waals surface area (Å²) in [6.45, 7) is 4.23. The molecule has 1 atom stereocenters. The molecule has 17 heavy (non-hydrogen) atoms. The Morgan fingerprint density at radius 3 is 3.12 bits per heavy atom. The van der Waals surface area contributed by atoms with Crippen LogP contribution in [0.5, 0.6) is 0 Å². The van der Waals surface area contributed by atoms with Crippen LogP contribution in [0.2, 0.25) is 0 Å². The van der Waals surface area contributed by atoms with Crippen molar-refractivity contribution in [1.82, 2.24) is 9.97 Å². The van der Waals surface area contributed by atoms with Gasteiger partial charge in [-0.15, -0.1) is 11.3 Å². The van der Waals surface area contributed by atoms with Crippen LogP contribution < -0.4 is 10.9 Å². The number of pyridine rings is 1. The van der Waals surface area contributed by atoms with E-state index >= 15 is 0 Å². The average molecular weight is 249 g/mol. The predicted octanol–water partition coefficient (Wildman–Crippen LogP) is 2.71. The molecule has 0 aliphatic heterocycles. The molecule has 0 spiro atoms. The quantitative estimate of drug-likeness (QED) is 0.876. The van der Waals surface area contributed by atoms with Crippen LogP contribution in [-0.2, 0) is 0 Å². The lowest BCUT2D eigenvalue weighted by Gasteiger charge is -2.08. The molecular weight excluding hydrogens is 234 g/mol. The summed E-state index contributed by atoms with van der Waals surface area (Å²) in [6.07, 6.45) is 2.66. The molecule has 0 saturated carbocycles. The maximum Gasteiger partial charge on any atom is 0.257 e. The SMILES string of the molecule is CCC(C)Nc1nc(-c2ccc[nH]c2=O)cs1. The molecule has 2 rings (SSSR count). The number of hydrogen-bond donors (Lipinski definition) is 2. The number of aromatic nitrogens is 2. The molecule has 0 amide bonds. The third kappa shape index (κ3) is 2.74. The summed E-state index contributed by atoms with van der Waals surface area (Å²) < 4.78 is 0. The van der Waals surface area contributed by atoms with Gasteiger partial charge >= 0.3 is 0 Å². The number of aromatic amines is 1. The Morgan fingerprint density at radius 2 is 2.41 bits per heavy atom. The fourth-order valence-electron chi connectivity index (χ4n) is 1.40. The van der Waals surface area contributed by atoms with E-state index in [4.69, 9.17) is 0 Å². The highest BCUT2D eigenvalue weighted by Gasteiger charge is 2.08. The van der Waals surface area contributed by atoms with Gasteiger partial charge in [-0.3, -0.25) is 4.79 Å². The van der Waals surface area contributed by atoms with Crippen molar-refractivity contribution in [2.45, 2.75) is 26.3 Å². The summed E-state index contributed by atoms with van der Waals surface area (Å²) >= 11 is 1.52. The maximum atomic E-state index is 11.6. The molecular formula is C12H15N3OS. The molecule has 0 fully saturated rings. The van der Waals surface area contributed by atoms with Crippen LogP contribution in [-0.4, -0.2) is 16.0 Å². The van der Waals surface area contributed by atoms with Crippen LogP contribution >= 0.6 is 11.3 Å². The lowest BCUT2D eigenvalue weighted by molar-refractivity contribution is 0.763. The lowest BCUT2D eigenvalue weighted by atomic mass is 10.2. The fraction of sp³-hybridized carbons (Fsp3) is 0.333. The van der Waals surface area contributed by atoms with Crippen molar-refractivity contribution < 1.29 is 0 Å². The number of anilines is 1. The van der Waals surface area contributed by atoms with Crippen LogP contribution in [0.3, 0.4) is 0 Å². The average Bonchev–Trinajstić information content (AvgIpc) is 2.78. The van der Waals surface area contributed by atoms with E-state index in [1.807, 2.05) is 5.38 Å². The van der Waals surface area contributed by atoms with Gasteiger partial charge in [0.25, 0.3) is 5.56 Å². The molecule has 2 aromatic heterocycles. The van der Waals surface area contributed by atoms with Gasteiger partial charge in [0.15, 0.2) is 5.13 Å². The Morgan fingerprint density at radius 1 is 1.59 bits per heavy atom. The molecule has 0 radical (unpaired) electrons. The van der Waals surface area contributed by atoms with E-state index in [1.165, 1.54) is 11.3 Å². The second-order valence-corrected chi connectivity index (χ2v) is 4.76. The molecule has 1 unspecified atom stereocenters. The van der Waals surface area contributed by atoms with Crippen molar-refractivity contribution in [3.05, 3.63) is 34.1 Å². The van der Waals surface area contributed by atoms with E-state index in [0.29, 0.717) is 11.6 Å². The van der Waals surface area contributed by atoms with Crippen molar-refractivity contribution in [3.8, 4) is 11.3 Å². The molecule has 2 aromatic rings. The summed E-state index contributed by atoms with van der Waals surface area (Å²) in [5.41, 5.74) is 1.23. The molecule has 2 N–H and O–H groups in total. The molecule has 0 bridgehead atoms. The number of H-pyrrole nitrogens is 1. The van der Waals surface area contributed by atoms with Gasteiger partial charge in [0.1, 0.15) is 0 Å². The monoisotopic (exact) mass is 249 g/mol. The number of nitrogens with one attached hydrogen (secondary N) is 2. The highest BCUT2D eigenvalue weighted by atomic mass is 32.1. The van der Waals surface area contributed by atoms with Crippen molar-refractivity contribution >= 4 is 16.5 Å². The standard InChI is InChI=1S/C12H15N3OS/c1-3-8(2)14-12-15-10(7-17-12)9-5-4-6-13-11(9)16/h4-8H,3H2,1-2H3,(H,13,16)(H,14,15). The van der Waals surface area contributed by atoms with Gasteiger partial charge in [-0.05, 0) is 25.5 Å². The Hall–Kier alpha value is -1.62. The minimum absolute atomic E-state index is 0.104. The van der Waals surface area contributed by atoms with E-state index in [9.17, 15) is 4.79 Å². The van der Waals surface area contributed by atoms with Crippen molar-refractivity contribution in [1.29, 1.82) is 0 Å². The molecule has 0 aromatic carbocycles. The lowest BCUT2D eigenvalue weighted by Crippen LogP contribution is -2.13. The molecule has 4 nitrogen and oxygen atoms in total. The minimum Gasteiger partial charge on any atom is -0.359 e. The first-order valence-corrected chi connectivity index (χ1v) is 6.48. The van der Waals surface area contributed by atoms with E-state index in [0.717, 1.165) is 17.2 Å². The van der Waals surface area contributed by atoms with Crippen molar-refractivity contribution in [2.75, 3.05) is 5.32 Å². The molecule has 0 aliphatic rings. The van der Waals surface area contributed by atoms with Crippen molar-refractivity contribution in [3.63, 3.8) is 0 Å². The first-order valence-electron chi connectivity index (χ1n) is 5.61. The van der Waals surface area contributed by atoms with Gasteiger partial charge in [-0.2, -0.15) is 0 Å². The summed E-state index contributed by atoms with van der Waals surface area (Å²) in [4.78, 5) is 18.7. The predicted molar refractivity (Wildman–Crippen MR) is 71.5 cm³/mol. The number of rotatable bonds is 4. The Labute approximate surface area is 104 Å². The second kappa shape index (κ2) is 5.14. The third-order valence-electron chi connectivity index (χ3n) is 2.58. The zero-order valence-corrected chi connectivity index (χ0v) is 10.7. The van der Waals surface area contributed by atoms with E-state index in [1.54, 1.807) is 18.3 Å². The molecule has 0 saturated heterocycles. The van der Waals surface area contributed by atoms with Crippen LogP contribution in [0.25, 0.3) is 11.3 Å². The first-order chi connectivity index (χ1) is 8.20. The topological polar surface area (TPSA) is 57.8 Å². The number of thiazole rings is 1. The number of nitrogens with zero attached hydrogens (tertiary/aromatic N) is 1. The first kappa shape index (κ1) is 11.9. The van der Waals surface area contributed by atoms with Crippen LogP contribution in [0, 0.1) is 0 Å². The van der Waals surface area contributed by atoms with Gasteiger partial charge in [-0.1, -0.05) is 6.92 Å². The highest BCUT2D eigenvalue weighted by Crippen LogP contribution is 2.23. The van der Waals surface area contributed by atoms with Gasteiger partial charge in [0.2, 0.25) is 0 Å². The van der Waals surface area contributed by atoms with Gasteiger partial charge in [-0.25, -0.2) is 4.98 Å². The van der Waals surface area contributed by atoms with Crippen molar-refractivity contribution in [2.24, 2.45) is 0 Å². The zero-order valence-electron chi connectivity index (χ0n) is 9.86. The van der Waals surface area contributed by atoms with Gasteiger partial charge in [0.05, 0.1) is 11.3 Å². The fourth-order valence-corrected chi connectivity index (χ4v) is 2.22. The van der Waals surface area contributed by atoms with Gasteiger partial charge < -0.3 is 10.3 Å². The third-order valence-corrected chi connectivity index (χ3v) is 3.35. The highest BCUT2D eigenvalue weighted by molar-refractivity contribution is 7.14. The largest absolute Gasteiger partial charge is 0.359 e. The Kier molecular flexibility index (Phi) is 3.58. The zero-order chi connectivity index (χ0) is 12.3. The Bertz CT molecular complexity index is 546. The van der Waals surface area contributed by atoms with Crippen LogP contribution in [0.1, 0.15) is 20.3 Å². The maximum absolute atomic E-state index is 11.6. The normalized spacial score (nSPS) is 12.4. The summed E-state index contributed by atoms with van der Waals surface area (Å²) in [5, 5.41) is 6.05. The number of hydrogen-bond acceptors (Lipinski definition) is 4. The van der Waals surface area contributed by atoms with Crippen LogP contribution in [0.4, 0.5) is 5.13 Å². The van der Waals surface area contributed by atoms with E-state index < -0.39 is 0 Å². The summed E-state index contributed by atoms with van der Waals surface area (Å²) in [6, 6.07) is 3.97. The van der Waals surface area contributed by atoms with E-state index in [2.05, 4.69) is 29.1 Å². The smallest absolute Gasteiger partial charge is 0.257 e. The summed E-state index contributed by atoms with van der Waals surface area (Å²) in [7, 11) is 0. The van der Waals surface area contributed by atoms with E-state index in [-0.39, 0.29) is 5.56 Å². The molecule has 2 heterocycles.